The monoisotopic (exact) mass is 350 g/mol. The standard InChI is InChI=1S/C20H22N4O2/c1-13-10-14(2)24(4)20(26)18(13)19(25)23(3)12-16-11-17(22-21-16)15-8-6-5-7-9-15/h5-11H,12H2,1-4H3,(H,21,22). The smallest absolute Gasteiger partial charge is 0.263 e. The Balaban J connectivity index is 1.82. The Kier molecular flexibility index (Phi) is 4.75. The molecule has 0 aliphatic carbocycles. The van der Waals surface area contributed by atoms with Crippen LogP contribution in [0.1, 0.15) is 27.3 Å². The number of nitrogens with one attached hydrogen (secondary N) is 1. The molecule has 0 bridgehead atoms. The second-order valence-electron chi connectivity index (χ2n) is 6.51. The van der Waals surface area contributed by atoms with E-state index in [0.717, 1.165) is 22.6 Å². The van der Waals surface area contributed by atoms with E-state index in [-0.39, 0.29) is 17.0 Å². The summed E-state index contributed by atoms with van der Waals surface area (Å²) in [4.78, 5) is 26.8. The number of aromatic nitrogens is 3. The molecule has 1 amide bonds. The lowest BCUT2D eigenvalue weighted by Gasteiger charge is -2.18. The summed E-state index contributed by atoms with van der Waals surface area (Å²) in [7, 11) is 3.36. The molecule has 0 aliphatic heterocycles. The molecule has 0 spiro atoms. The number of pyridine rings is 1. The zero-order valence-corrected chi connectivity index (χ0v) is 15.4. The molecule has 1 aromatic carbocycles. The van der Waals surface area contributed by atoms with Crippen molar-refractivity contribution in [2.45, 2.75) is 20.4 Å². The maximum atomic E-state index is 12.8. The Bertz CT molecular complexity index is 1000. The number of aromatic amines is 1. The Hall–Kier alpha value is -3.15. The Morgan fingerprint density at radius 1 is 1.19 bits per heavy atom. The highest BCUT2D eigenvalue weighted by Gasteiger charge is 2.20. The zero-order chi connectivity index (χ0) is 18.8. The Labute approximate surface area is 152 Å². The third-order valence-electron chi connectivity index (χ3n) is 4.54. The van der Waals surface area contributed by atoms with E-state index in [1.54, 1.807) is 21.0 Å². The van der Waals surface area contributed by atoms with Gasteiger partial charge >= 0.3 is 0 Å². The quantitative estimate of drug-likeness (QED) is 0.786. The SMILES string of the molecule is Cc1cc(C)n(C)c(=O)c1C(=O)N(C)Cc1cc(-c2ccccc2)n[nH]1. The first-order valence-electron chi connectivity index (χ1n) is 8.41. The number of hydrogen-bond donors (Lipinski definition) is 1. The van der Waals surface area contributed by atoms with Crippen LogP contribution in [0.25, 0.3) is 11.3 Å². The second kappa shape index (κ2) is 7.00. The molecule has 0 saturated carbocycles. The summed E-state index contributed by atoms with van der Waals surface area (Å²) in [6.07, 6.45) is 0. The van der Waals surface area contributed by atoms with Gasteiger partial charge in [0.1, 0.15) is 5.56 Å². The van der Waals surface area contributed by atoms with Crippen molar-refractivity contribution < 1.29 is 4.79 Å². The van der Waals surface area contributed by atoms with Crippen LogP contribution in [-0.4, -0.2) is 32.6 Å². The van der Waals surface area contributed by atoms with Crippen LogP contribution in [0.4, 0.5) is 0 Å². The maximum Gasteiger partial charge on any atom is 0.263 e. The van der Waals surface area contributed by atoms with Crippen LogP contribution in [0.3, 0.4) is 0 Å². The largest absolute Gasteiger partial charge is 0.336 e. The molecule has 0 fully saturated rings. The number of benzene rings is 1. The van der Waals surface area contributed by atoms with Gasteiger partial charge in [-0.1, -0.05) is 30.3 Å². The van der Waals surface area contributed by atoms with Crippen LogP contribution in [0.15, 0.2) is 47.3 Å². The molecule has 2 aromatic heterocycles. The Morgan fingerprint density at radius 2 is 1.88 bits per heavy atom. The molecule has 1 N–H and O–H groups in total. The molecular weight excluding hydrogens is 328 g/mol. The van der Waals surface area contributed by atoms with Gasteiger partial charge in [0.2, 0.25) is 0 Å². The van der Waals surface area contributed by atoms with E-state index < -0.39 is 0 Å². The fraction of sp³-hybridized carbons (Fsp3) is 0.250. The minimum Gasteiger partial charge on any atom is -0.336 e. The Morgan fingerprint density at radius 3 is 2.58 bits per heavy atom. The van der Waals surface area contributed by atoms with Gasteiger partial charge in [0.05, 0.1) is 17.9 Å². The van der Waals surface area contributed by atoms with Crippen molar-refractivity contribution in [1.82, 2.24) is 19.7 Å². The number of rotatable bonds is 4. The van der Waals surface area contributed by atoms with Crippen LogP contribution < -0.4 is 5.56 Å². The van der Waals surface area contributed by atoms with Gasteiger partial charge in [0, 0.05) is 25.4 Å². The number of carbonyl (C=O) groups excluding carboxylic acids is 1. The maximum absolute atomic E-state index is 12.8. The van der Waals surface area contributed by atoms with Gasteiger partial charge in [-0.15, -0.1) is 0 Å². The summed E-state index contributed by atoms with van der Waals surface area (Å²) >= 11 is 0. The molecular formula is C20H22N4O2. The third kappa shape index (κ3) is 3.31. The van der Waals surface area contributed by atoms with Crippen molar-refractivity contribution in [2.24, 2.45) is 7.05 Å². The molecule has 0 radical (unpaired) electrons. The second-order valence-corrected chi connectivity index (χ2v) is 6.51. The predicted octanol–water partition coefficient (Wildman–Crippen LogP) is 2.66. The van der Waals surface area contributed by atoms with Crippen molar-refractivity contribution in [1.29, 1.82) is 0 Å². The van der Waals surface area contributed by atoms with E-state index in [0.29, 0.717) is 12.1 Å². The summed E-state index contributed by atoms with van der Waals surface area (Å²) in [6, 6.07) is 13.6. The number of amides is 1. The minimum absolute atomic E-state index is 0.211. The lowest BCUT2D eigenvalue weighted by Crippen LogP contribution is -2.35. The topological polar surface area (TPSA) is 71.0 Å². The average Bonchev–Trinajstić information content (AvgIpc) is 3.09. The molecule has 0 atom stereocenters. The van der Waals surface area contributed by atoms with E-state index in [1.165, 1.54) is 9.47 Å². The summed E-state index contributed by atoms with van der Waals surface area (Å²) in [6.45, 7) is 3.98. The first-order valence-corrected chi connectivity index (χ1v) is 8.41. The summed E-state index contributed by atoms with van der Waals surface area (Å²) in [5, 5.41) is 7.27. The summed E-state index contributed by atoms with van der Waals surface area (Å²) in [5.41, 5.74) is 4.10. The first-order chi connectivity index (χ1) is 12.4. The molecule has 3 aromatic rings. The molecule has 3 rings (SSSR count). The third-order valence-corrected chi connectivity index (χ3v) is 4.54. The first kappa shape index (κ1) is 17.7. The van der Waals surface area contributed by atoms with Gasteiger partial charge in [-0.2, -0.15) is 5.10 Å². The average molecular weight is 350 g/mol. The van der Waals surface area contributed by atoms with E-state index in [9.17, 15) is 9.59 Å². The zero-order valence-electron chi connectivity index (χ0n) is 15.4. The fourth-order valence-corrected chi connectivity index (χ4v) is 2.96. The number of hydrogen-bond acceptors (Lipinski definition) is 3. The lowest BCUT2D eigenvalue weighted by atomic mass is 10.1. The van der Waals surface area contributed by atoms with Crippen LogP contribution in [0.5, 0.6) is 0 Å². The highest BCUT2D eigenvalue weighted by Crippen LogP contribution is 2.18. The van der Waals surface area contributed by atoms with Crippen molar-refractivity contribution in [3.05, 3.63) is 75.3 Å². The molecule has 0 saturated heterocycles. The van der Waals surface area contributed by atoms with Gasteiger partial charge in [-0.05, 0) is 31.5 Å². The van der Waals surface area contributed by atoms with Gasteiger partial charge in [0.15, 0.2) is 0 Å². The van der Waals surface area contributed by atoms with E-state index >= 15 is 0 Å². The molecule has 6 nitrogen and oxygen atoms in total. The minimum atomic E-state index is -0.293. The van der Waals surface area contributed by atoms with Crippen LogP contribution in [0.2, 0.25) is 0 Å². The number of nitrogens with zero attached hydrogens (tertiary/aromatic N) is 3. The van der Waals surface area contributed by atoms with E-state index in [4.69, 9.17) is 0 Å². The number of carbonyl (C=O) groups is 1. The molecule has 0 aliphatic rings. The summed E-state index contributed by atoms with van der Waals surface area (Å²) in [5.74, 6) is -0.293. The van der Waals surface area contributed by atoms with Crippen LogP contribution in [0, 0.1) is 13.8 Å². The van der Waals surface area contributed by atoms with Crippen molar-refractivity contribution >= 4 is 5.91 Å². The van der Waals surface area contributed by atoms with Crippen LogP contribution in [-0.2, 0) is 13.6 Å². The van der Waals surface area contributed by atoms with Gasteiger partial charge < -0.3 is 9.47 Å². The van der Waals surface area contributed by atoms with Gasteiger partial charge in [-0.25, -0.2) is 0 Å². The van der Waals surface area contributed by atoms with Crippen LogP contribution >= 0.6 is 0 Å². The van der Waals surface area contributed by atoms with E-state index in [2.05, 4.69) is 10.2 Å². The number of H-pyrrole nitrogens is 1. The van der Waals surface area contributed by atoms with Crippen molar-refractivity contribution in [3.63, 3.8) is 0 Å². The van der Waals surface area contributed by atoms with Crippen molar-refractivity contribution in [2.75, 3.05) is 7.05 Å². The summed E-state index contributed by atoms with van der Waals surface area (Å²) < 4.78 is 1.50. The lowest BCUT2D eigenvalue weighted by molar-refractivity contribution is 0.0780. The fourth-order valence-electron chi connectivity index (χ4n) is 2.96. The highest BCUT2D eigenvalue weighted by molar-refractivity contribution is 5.95. The highest BCUT2D eigenvalue weighted by atomic mass is 16.2. The molecule has 6 heteroatoms. The van der Waals surface area contributed by atoms with Gasteiger partial charge in [0.25, 0.3) is 11.5 Å². The van der Waals surface area contributed by atoms with E-state index in [1.807, 2.05) is 49.4 Å². The number of aryl methyl sites for hydroxylation is 2. The normalized spacial score (nSPS) is 10.8. The van der Waals surface area contributed by atoms with Gasteiger partial charge in [-0.3, -0.25) is 14.7 Å². The molecule has 26 heavy (non-hydrogen) atoms. The molecule has 134 valence electrons. The molecule has 0 unspecified atom stereocenters. The van der Waals surface area contributed by atoms with Crippen molar-refractivity contribution in [3.8, 4) is 11.3 Å². The predicted molar refractivity (Wildman–Crippen MR) is 101 cm³/mol. The molecule has 2 heterocycles.